The lowest BCUT2D eigenvalue weighted by molar-refractivity contribution is -0.137. The Morgan fingerprint density at radius 3 is 2.42 bits per heavy atom. The summed E-state index contributed by atoms with van der Waals surface area (Å²) in [6.07, 6.45) is -15.4. The van der Waals surface area contributed by atoms with Gasteiger partial charge in [-0.05, 0) is 66.7 Å². The first kappa shape index (κ1) is 22.2. The number of carbonyl (C=O) groups is 1. The summed E-state index contributed by atoms with van der Waals surface area (Å²) in [5.41, 5.74) is -3.08. The fourth-order valence-electron chi connectivity index (χ4n) is 5.15. The molecule has 4 aromatic rings. The van der Waals surface area contributed by atoms with Gasteiger partial charge in [0.05, 0.1) is 29.5 Å². The van der Waals surface area contributed by atoms with Crippen LogP contribution in [0.15, 0.2) is 95.9 Å². The molecule has 2 heterocycles. The molecular weight excluding hydrogens is 710 g/mol. The molecule has 6 nitrogen and oxygen atoms in total. The average Bonchev–Trinajstić information content (AvgIpc) is 3.28. The quantitative estimate of drug-likeness (QED) is 0.146. The molecule has 1 fully saturated rings. The number of carbonyl (C=O) groups excluding carboxylic acids is 1. The summed E-state index contributed by atoms with van der Waals surface area (Å²) in [5, 5.41) is 10.7. The van der Waals surface area contributed by atoms with Gasteiger partial charge in [0.2, 0.25) is 5.91 Å². The smallest absolute Gasteiger partial charge is 0.384 e. The van der Waals surface area contributed by atoms with Crippen molar-refractivity contribution in [3.63, 3.8) is 0 Å². The zero-order valence-electron chi connectivity index (χ0n) is 45.0. The number of hydrogen-bond acceptors (Lipinski definition) is 6. The van der Waals surface area contributed by atoms with Crippen LogP contribution in [0.1, 0.15) is 70.0 Å². The summed E-state index contributed by atoms with van der Waals surface area (Å²) in [6.45, 7) is -16.7. The number of fused-ring (bicyclic) bond motifs is 1. The van der Waals surface area contributed by atoms with Crippen LogP contribution < -0.4 is 4.90 Å². The van der Waals surface area contributed by atoms with Crippen LogP contribution in [0, 0.1) is 18.6 Å². The Bertz CT molecular complexity index is 2700. The maximum Gasteiger partial charge on any atom is 0.416 e. The molecule has 6 rings (SSSR count). The van der Waals surface area contributed by atoms with E-state index in [4.69, 9.17) is 13.7 Å². The van der Waals surface area contributed by atoms with Gasteiger partial charge in [-0.2, -0.15) is 13.2 Å². The number of halogens is 5. The Labute approximate surface area is 334 Å². The maximum absolute atomic E-state index is 15.6. The minimum Gasteiger partial charge on any atom is -0.384 e. The largest absolute Gasteiger partial charge is 0.416 e. The molecule has 2 aliphatic rings. The molecule has 0 saturated carbocycles. The van der Waals surface area contributed by atoms with Gasteiger partial charge in [-0.3, -0.25) is 4.79 Å². The topological polar surface area (TPSA) is 56.3 Å². The zero-order chi connectivity index (χ0) is 52.9. The first-order valence-electron chi connectivity index (χ1n) is 24.2. The van der Waals surface area contributed by atoms with E-state index < -0.39 is 145 Å². The van der Waals surface area contributed by atoms with Crippen LogP contribution in [-0.4, -0.2) is 66.5 Å². The Kier molecular flexibility index (Phi) is 7.06. The molecule has 1 atom stereocenters. The maximum atomic E-state index is 15.6. The van der Waals surface area contributed by atoms with Gasteiger partial charge in [0.1, 0.15) is 12.6 Å². The standard InChI is InChI=1S/C41H42F5N3O3S/c1-27-6-15-36-34(22-27)37(50)23-39(53-26-31-4-3-5-35(42)40(31)43)49(36)25-38(51)48(33-16-18-47(19-17-33)20-21-52-2)24-28-7-9-29(10-8-28)30-11-13-32(14-12-30)41(44,45)46/h3-15,22-23,33,37,50H,16-21,24-26H2,1-2H3/i6D,15D,16D2,17D2,18D2,19D2,21D2,22D,23D,25D2,33D. The van der Waals surface area contributed by atoms with Crippen LogP contribution in [0.5, 0.6) is 0 Å². The minimum atomic E-state index is -4.68. The molecule has 2 aliphatic heterocycles. The molecule has 53 heavy (non-hydrogen) atoms. The lowest BCUT2D eigenvalue weighted by atomic mass is 9.99. The summed E-state index contributed by atoms with van der Waals surface area (Å²) in [5.74, 6) is -5.64. The predicted molar refractivity (Wildman–Crippen MR) is 198 cm³/mol. The van der Waals surface area contributed by atoms with E-state index >= 15 is 9.18 Å². The number of ether oxygens (including phenoxy) is 1. The second-order valence-corrected chi connectivity index (χ2v) is 12.4. The summed E-state index contributed by atoms with van der Waals surface area (Å²) in [6, 6.07) is 3.85. The van der Waals surface area contributed by atoms with Gasteiger partial charge in [-0.25, -0.2) is 8.78 Å². The molecule has 0 radical (unpaired) electrons. The number of aliphatic hydroxyl groups is 1. The number of nitrogens with zero attached hydrogens (tertiary/aromatic N) is 3. The third kappa shape index (κ3) is 9.29. The average molecular weight is 769 g/mol. The molecule has 0 spiro atoms. The SMILES string of the molecule is [2H]C1=C(SCc2cccc(F)c2F)N(C([2H])([2H])C(=O)N(Cc2ccc(-c3ccc(C(F)(F)F)cc3)cc2)C2([2H])C([2H])([2H])C([2H])([2H])N(CC([2H])([2H])OC)C([2H])([2H])C2([2H])[2H])c2c([2H])c([2H])c(C)c([2H])c2C1O. The van der Waals surface area contributed by atoms with Crippen molar-refractivity contribution < 1.29 is 59.9 Å². The van der Waals surface area contributed by atoms with E-state index in [1.165, 1.54) is 19.1 Å². The number of methoxy groups -OCH3 is 1. The van der Waals surface area contributed by atoms with Crippen LogP contribution in [0.4, 0.5) is 27.6 Å². The molecule has 280 valence electrons. The van der Waals surface area contributed by atoms with E-state index in [0.29, 0.717) is 0 Å². The van der Waals surface area contributed by atoms with Crippen LogP contribution >= 0.6 is 11.8 Å². The highest BCUT2D eigenvalue weighted by atomic mass is 32.2. The number of piperidine rings is 1. The van der Waals surface area contributed by atoms with Crippen molar-refractivity contribution >= 4 is 23.4 Å². The summed E-state index contributed by atoms with van der Waals surface area (Å²) in [7, 11) is 0.797. The van der Waals surface area contributed by atoms with Gasteiger partial charge in [0.15, 0.2) is 11.6 Å². The highest BCUT2D eigenvalue weighted by Gasteiger charge is 2.33. The van der Waals surface area contributed by atoms with E-state index in [9.17, 15) is 32.3 Å². The number of aliphatic hydroxyl groups excluding tert-OH is 1. The molecule has 1 saturated heterocycles. The number of thioether (sulfide) groups is 1. The van der Waals surface area contributed by atoms with Crippen LogP contribution in [0.2, 0.25) is 0 Å². The van der Waals surface area contributed by atoms with Crippen molar-refractivity contribution in [2.24, 2.45) is 0 Å². The number of hydrogen-bond donors (Lipinski definition) is 1. The number of alkyl halides is 3. The second kappa shape index (κ2) is 16.8. The molecule has 1 unspecified atom stereocenters. The third-order valence-corrected chi connectivity index (χ3v) is 8.88. The van der Waals surface area contributed by atoms with Crippen molar-refractivity contribution in [3.8, 4) is 11.1 Å². The molecule has 1 N–H and O–H groups in total. The van der Waals surface area contributed by atoms with E-state index in [1.807, 2.05) is 0 Å². The van der Waals surface area contributed by atoms with Gasteiger partial charge in [0, 0.05) is 72.7 Å². The highest BCUT2D eigenvalue weighted by molar-refractivity contribution is 8.02. The van der Waals surface area contributed by atoms with Gasteiger partial charge in [-0.15, -0.1) is 11.8 Å². The lowest BCUT2D eigenvalue weighted by Crippen LogP contribution is -2.50. The number of amides is 1. The van der Waals surface area contributed by atoms with Gasteiger partial charge < -0.3 is 24.5 Å². The monoisotopic (exact) mass is 768 g/mol. The van der Waals surface area contributed by atoms with Crippen LogP contribution in [0.25, 0.3) is 11.1 Å². The van der Waals surface area contributed by atoms with Crippen molar-refractivity contribution in [2.75, 3.05) is 44.6 Å². The van der Waals surface area contributed by atoms with Crippen LogP contribution in [-0.2, 0) is 28.0 Å². The van der Waals surface area contributed by atoms with Gasteiger partial charge in [-0.1, -0.05) is 66.2 Å². The number of anilines is 1. The zero-order valence-corrected chi connectivity index (χ0v) is 28.8. The number of rotatable bonds is 12. The van der Waals surface area contributed by atoms with Gasteiger partial charge >= 0.3 is 6.18 Å². The fraction of sp³-hybridized carbons (Fsp3) is 0.341. The summed E-state index contributed by atoms with van der Waals surface area (Å²) in [4.78, 5) is 15.4. The Balaban J connectivity index is 1.61. The molecule has 0 aromatic heterocycles. The molecule has 4 aromatic carbocycles. The lowest BCUT2D eigenvalue weighted by Gasteiger charge is -2.40. The van der Waals surface area contributed by atoms with Crippen molar-refractivity contribution in [2.45, 2.75) is 50.3 Å². The molecular formula is C41H42F5N3O3S. The highest BCUT2D eigenvalue weighted by Crippen LogP contribution is 2.41. The van der Waals surface area contributed by atoms with Crippen molar-refractivity contribution in [3.05, 3.63) is 135 Å². The first-order chi connectivity index (χ1) is 32.0. The Hall–Kier alpha value is -4.23. The van der Waals surface area contributed by atoms with E-state index in [0.717, 1.165) is 61.7 Å². The molecule has 0 aliphatic carbocycles. The minimum absolute atomic E-state index is 0.179. The van der Waals surface area contributed by atoms with Crippen molar-refractivity contribution in [1.82, 2.24) is 9.80 Å². The van der Waals surface area contributed by atoms with E-state index in [1.54, 1.807) is 0 Å². The molecule has 0 bridgehead atoms. The first-order valence-corrected chi connectivity index (χ1v) is 16.7. The summed E-state index contributed by atoms with van der Waals surface area (Å²) < 4.78 is 228. The van der Waals surface area contributed by atoms with Crippen molar-refractivity contribution in [1.29, 1.82) is 0 Å². The molecule has 12 heteroatoms. The predicted octanol–water partition coefficient (Wildman–Crippen LogP) is 8.73. The second-order valence-electron chi connectivity index (χ2n) is 11.5. The Morgan fingerprint density at radius 2 is 1.75 bits per heavy atom. The van der Waals surface area contributed by atoms with Gasteiger partial charge in [0.25, 0.3) is 0 Å². The number of benzene rings is 4. The van der Waals surface area contributed by atoms with Crippen LogP contribution in [0.3, 0.4) is 0 Å². The fourth-order valence-corrected chi connectivity index (χ4v) is 6.13. The third-order valence-electron chi connectivity index (χ3n) is 7.85. The Morgan fingerprint density at radius 1 is 1.08 bits per heavy atom. The summed E-state index contributed by atoms with van der Waals surface area (Å²) >= 11 is 0.288. The van der Waals surface area contributed by atoms with E-state index in [-0.39, 0.29) is 48.7 Å². The van der Waals surface area contributed by atoms with E-state index in [2.05, 4.69) is 4.74 Å². The number of likely N-dealkylation sites (tertiary alicyclic amines) is 1. The normalized spacial score (nSPS) is 26.5. The molecule has 1 amide bonds.